The molecule has 22 heavy (non-hydrogen) atoms. The molecular weight excluding hydrogens is 278 g/mol. The van der Waals surface area contributed by atoms with Crippen LogP contribution in [0.25, 0.3) is 0 Å². The third-order valence-electron chi connectivity index (χ3n) is 3.07. The van der Waals surface area contributed by atoms with Crippen molar-refractivity contribution in [2.75, 3.05) is 23.8 Å². The van der Waals surface area contributed by atoms with Crippen LogP contribution >= 0.6 is 0 Å². The molecule has 0 aliphatic rings. The van der Waals surface area contributed by atoms with Crippen molar-refractivity contribution in [1.82, 2.24) is 15.2 Å². The van der Waals surface area contributed by atoms with Crippen molar-refractivity contribution in [2.24, 2.45) is 0 Å². The number of rotatable bonds is 9. The molecule has 2 rings (SSSR count). The van der Waals surface area contributed by atoms with Gasteiger partial charge in [-0.15, -0.1) is 5.10 Å². The van der Waals surface area contributed by atoms with Crippen LogP contribution in [0.4, 0.5) is 17.5 Å². The van der Waals surface area contributed by atoms with Gasteiger partial charge in [0.2, 0.25) is 5.95 Å². The number of nitrogens with one attached hydrogen (secondary N) is 2. The Morgan fingerprint density at radius 1 is 1.14 bits per heavy atom. The molecule has 0 amide bonds. The molecule has 1 aromatic carbocycles. The molecule has 2 aromatic rings. The Hall–Kier alpha value is -2.37. The number of para-hydroxylation sites is 2. The lowest BCUT2D eigenvalue weighted by Gasteiger charge is -2.11. The first kappa shape index (κ1) is 16.0. The summed E-state index contributed by atoms with van der Waals surface area (Å²) in [5, 5.41) is 14.4. The highest BCUT2D eigenvalue weighted by Gasteiger charge is 2.05. The van der Waals surface area contributed by atoms with E-state index < -0.39 is 0 Å². The van der Waals surface area contributed by atoms with Crippen LogP contribution in [0.15, 0.2) is 30.5 Å². The number of aromatic nitrogens is 3. The Kier molecular flexibility index (Phi) is 6.41. The highest BCUT2D eigenvalue weighted by molar-refractivity contribution is 5.63. The summed E-state index contributed by atoms with van der Waals surface area (Å²) in [7, 11) is 0. The van der Waals surface area contributed by atoms with E-state index in [2.05, 4.69) is 32.7 Å². The van der Waals surface area contributed by atoms with Gasteiger partial charge in [0, 0.05) is 6.54 Å². The topological polar surface area (TPSA) is 72.0 Å². The van der Waals surface area contributed by atoms with Crippen LogP contribution in [0.3, 0.4) is 0 Å². The van der Waals surface area contributed by atoms with E-state index in [-0.39, 0.29) is 0 Å². The van der Waals surface area contributed by atoms with Gasteiger partial charge in [-0.3, -0.25) is 0 Å². The zero-order chi connectivity index (χ0) is 15.6. The van der Waals surface area contributed by atoms with Gasteiger partial charge in [-0.25, -0.2) is 0 Å². The SMILES string of the molecule is CCCCCNc1nncc(Nc2ccccc2OCC)n1. The summed E-state index contributed by atoms with van der Waals surface area (Å²) in [5.74, 6) is 1.97. The molecule has 0 aliphatic heterocycles. The number of hydrogen-bond acceptors (Lipinski definition) is 6. The largest absolute Gasteiger partial charge is 0.492 e. The minimum Gasteiger partial charge on any atom is -0.492 e. The molecule has 0 bridgehead atoms. The Morgan fingerprint density at radius 3 is 2.82 bits per heavy atom. The monoisotopic (exact) mass is 301 g/mol. The summed E-state index contributed by atoms with van der Waals surface area (Å²) in [4.78, 5) is 4.42. The van der Waals surface area contributed by atoms with Gasteiger partial charge in [0.25, 0.3) is 0 Å². The normalized spacial score (nSPS) is 10.3. The fourth-order valence-corrected chi connectivity index (χ4v) is 2.00. The van der Waals surface area contributed by atoms with Crippen LogP contribution in [-0.2, 0) is 0 Å². The van der Waals surface area contributed by atoms with Gasteiger partial charge < -0.3 is 15.4 Å². The molecule has 0 aliphatic carbocycles. The average Bonchev–Trinajstić information content (AvgIpc) is 2.54. The maximum atomic E-state index is 5.59. The lowest BCUT2D eigenvalue weighted by molar-refractivity contribution is 0.342. The van der Waals surface area contributed by atoms with Crippen molar-refractivity contribution in [3.8, 4) is 5.75 Å². The molecule has 0 fully saturated rings. The minimum absolute atomic E-state index is 0.537. The Balaban J connectivity index is 2.01. The van der Waals surface area contributed by atoms with Gasteiger partial charge >= 0.3 is 0 Å². The quantitative estimate of drug-likeness (QED) is 0.689. The van der Waals surface area contributed by atoms with Gasteiger partial charge in [-0.1, -0.05) is 31.9 Å². The second kappa shape index (κ2) is 8.81. The molecule has 0 saturated heterocycles. The van der Waals surface area contributed by atoms with Crippen LogP contribution in [0.2, 0.25) is 0 Å². The minimum atomic E-state index is 0.537. The summed E-state index contributed by atoms with van der Waals surface area (Å²) in [6.45, 7) is 5.61. The molecule has 0 unspecified atom stereocenters. The molecule has 0 atom stereocenters. The van der Waals surface area contributed by atoms with E-state index in [1.807, 2.05) is 31.2 Å². The lowest BCUT2D eigenvalue weighted by atomic mass is 10.2. The molecule has 0 spiro atoms. The first-order valence-electron chi connectivity index (χ1n) is 7.76. The van der Waals surface area contributed by atoms with E-state index in [1.165, 1.54) is 12.8 Å². The van der Waals surface area contributed by atoms with Crippen LogP contribution in [-0.4, -0.2) is 28.3 Å². The van der Waals surface area contributed by atoms with Gasteiger partial charge in [0.05, 0.1) is 18.5 Å². The standard InChI is InChI=1S/C16H23N5O/c1-3-5-8-11-17-16-20-15(12-18-21-16)19-13-9-6-7-10-14(13)22-4-2/h6-7,9-10,12H,3-5,8,11H2,1-2H3,(H2,17,19,20,21). The number of anilines is 3. The van der Waals surface area contributed by atoms with Crippen molar-refractivity contribution in [1.29, 1.82) is 0 Å². The van der Waals surface area contributed by atoms with Gasteiger partial charge in [-0.2, -0.15) is 10.1 Å². The number of hydrogen-bond donors (Lipinski definition) is 2. The summed E-state index contributed by atoms with van der Waals surface area (Å²) in [6, 6.07) is 7.75. The maximum absolute atomic E-state index is 5.59. The first-order chi connectivity index (χ1) is 10.8. The van der Waals surface area contributed by atoms with E-state index in [0.29, 0.717) is 18.4 Å². The second-order valence-electron chi connectivity index (χ2n) is 4.85. The second-order valence-corrected chi connectivity index (χ2v) is 4.85. The van der Waals surface area contributed by atoms with Crippen molar-refractivity contribution in [3.63, 3.8) is 0 Å². The van der Waals surface area contributed by atoms with Crippen LogP contribution in [0.5, 0.6) is 5.75 Å². The van der Waals surface area contributed by atoms with Gasteiger partial charge in [0.1, 0.15) is 5.75 Å². The molecule has 2 N–H and O–H groups in total. The molecule has 118 valence electrons. The molecule has 6 heteroatoms. The molecule has 6 nitrogen and oxygen atoms in total. The molecular formula is C16H23N5O. The van der Waals surface area contributed by atoms with Crippen LogP contribution in [0, 0.1) is 0 Å². The van der Waals surface area contributed by atoms with Crippen LogP contribution < -0.4 is 15.4 Å². The lowest BCUT2D eigenvalue weighted by Crippen LogP contribution is -2.08. The van der Waals surface area contributed by atoms with Gasteiger partial charge in [0.15, 0.2) is 5.82 Å². The molecule has 1 aromatic heterocycles. The predicted molar refractivity (Wildman–Crippen MR) is 88.7 cm³/mol. The summed E-state index contributed by atoms with van der Waals surface area (Å²) < 4.78 is 5.59. The van der Waals surface area contributed by atoms with E-state index in [9.17, 15) is 0 Å². The summed E-state index contributed by atoms with van der Waals surface area (Å²) >= 11 is 0. The molecule has 1 heterocycles. The molecule has 0 radical (unpaired) electrons. The summed E-state index contributed by atoms with van der Waals surface area (Å²) in [6.07, 6.45) is 5.08. The Labute approximate surface area is 131 Å². The number of benzene rings is 1. The van der Waals surface area contributed by atoms with E-state index in [4.69, 9.17) is 4.74 Å². The predicted octanol–water partition coefficient (Wildman–Crippen LogP) is 3.62. The zero-order valence-electron chi connectivity index (χ0n) is 13.2. The van der Waals surface area contributed by atoms with Crippen molar-refractivity contribution in [3.05, 3.63) is 30.5 Å². The maximum Gasteiger partial charge on any atom is 0.244 e. The third-order valence-corrected chi connectivity index (χ3v) is 3.07. The molecule has 0 saturated carbocycles. The highest BCUT2D eigenvalue weighted by Crippen LogP contribution is 2.26. The highest BCUT2D eigenvalue weighted by atomic mass is 16.5. The first-order valence-corrected chi connectivity index (χ1v) is 7.76. The fourth-order valence-electron chi connectivity index (χ4n) is 2.00. The summed E-state index contributed by atoms with van der Waals surface area (Å²) in [5.41, 5.74) is 0.863. The smallest absolute Gasteiger partial charge is 0.244 e. The fraction of sp³-hybridized carbons (Fsp3) is 0.438. The van der Waals surface area contributed by atoms with Crippen molar-refractivity contribution in [2.45, 2.75) is 33.1 Å². The van der Waals surface area contributed by atoms with Gasteiger partial charge in [-0.05, 0) is 25.5 Å². The number of ether oxygens (including phenoxy) is 1. The average molecular weight is 301 g/mol. The van der Waals surface area contributed by atoms with Crippen molar-refractivity contribution < 1.29 is 4.74 Å². The Morgan fingerprint density at radius 2 is 2.00 bits per heavy atom. The number of nitrogens with zero attached hydrogens (tertiary/aromatic N) is 3. The van der Waals surface area contributed by atoms with E-state index in [1.54, 1.807) is 6.20 Å². The van der Waals surface area contributed by atoms with Crippen molar-refractivity contribution >= 4 is 17.5 Å². The number of unbranched alkanes of at least 4 members (excludes halogenated alkanes) is 2. The van der Waals surface area contributed by atoms with E-state index in [0.717, 1.165) is 24.4 Å². The van der Waals surface area contributed by atoms with E-state index >= 15 is 0 Å². The Bertz CT molecular complexity index is 576. The zero-order valence-corrected chi connectivity index (χ0v) is 13.2. The van der Waals surface area contributed by atoms with Crippen LogP contribution in [0.1, 0.15) is 33.1 Å². The third kappa shape index (κ3) is 4.87.